The molecule has 0 aliphatic heterocycles. The lowest BCUT2D eigenvalue weighted by Gasteiger charge is -2.19. The Morgan fingerprint density at radius 2 is 1.70 bits per heavy atom. The fourth-order valence-corrected chi connectivity index (χ4v) is 3.58. The van der Waals surface area contributed by atoms with Gasteiger partial charge in [-0.1, -0.05) is 39.0 Å². The van der Waals surface area contributed by atoms with Crippen LogP contribution in [0.3, 0.4) is 0 Å². The molecule has 0 fully saturated rings. The van der Waals surface area contributed by atoms with Crippen molar-refractivity contribution in [3.8, 4) is 5.75 Å². The average molecular weight is 419 g/mol. The molecule has 4 nitrogen and oxygen atoms in total. The summed E-state index contributed by atoms with van der Waals surface area (Å²) >= 11 is 0. The summed E-state index contributed by atoms with van der Waals surface area (Å²) in [7, 11) is 0. The van der Waals surface area contributed by atoms with Gasteiger partial charge in [0.05, 0.1) is 6.42 Å². The summed E-state index contributed by atoms with van der Waals surface area (Å²) in [4.78, 5) is 11.5. The molecule has 1 heterocycles. The predicted molar refractivity (Wildman–Crippen MR) is 109 cm³/mol. The van der Waals surface area contributed by atoms with Crippen LogP contribution in [0.2, 0.25) is 0 Å². The maximum absolute atomic E-state index is 12.4. The zero-order valence-electron chi connectivity index (χ0n) is 17.3. The van der Waals surface area contributed by atoms with Crippen LogP contribution in [0.15, 0.2) is 42.5 Å². The van der Waals surface area contributed by atoms with Crippen molar-refractivity contribution in [1.82, 2.24) is 4.57 Å². The number of carboxylic acid groups (broad SMARTS) is 1. The normalized spacial score (nSPS) is 12.4. The molecule has 0 bridgehead atoms. The molecular weight excluding hydrogens is 395 g/mol. The highest BCUT2D eigenvalue weighted by atomic mass is 19.4. The molecule has 0 atom stereocenters. The summed E-state index contributed by atoms with van der Waals surface area (Å²) < 4.78 is 43.0. The Labute approximate surface area is 172 Å². The molecule has 30 heavy (non-hydrogen) atoms. The highest BCUT2D eigenvalue weighted by Gasteiger charge is 2.31. The Balaban J connectivity index is 2.03. The third-order valence-electron chi connectivity index (χ3n) is 5.15. The predicted octanol–water partition coefficient (Wildman–Crippen LogP) is 5.82. The average Bonchev–Trinajstić information content (AvgIpc) is 2.86. The number of hydrogen-bond donors (Lipinski definition) is 1. The van der Waals surface area contributed by atoms with Gasteiger partial charge in [0.15, 0.2) is 0 Å². The van der Waals surface area contributed by atoms with E-state index in [0.29, 0.717) is 6.54 Å². The van der Waals surface area contributed by atoms with Crippen molar-refractivity contribution in [2.24, 2.45) is 0 Å². The van der Waals surface area contributed by atoms with E-state index < -0.39 is 12.3 Å². The van der Waals surface area contributed by atoms with Crippen LogP contribution in [0.5, 0.6) is 5.75 Å². The number of fused-ring (bicyclic) bond motifs is 1. The van der Waals surface area contributed by atoms with E-state index >= 15 is 0 Å². The Morgan fingerprint density at radius 3 is 2.23 bits per heavy atom. The summed E-state index contributed by atoms with van der Waals surface area (Å²) in [6.45, 7) is 8.57. The van der Waals surface area contributed by atoms with Crippen LogP contribution in [-0.2, 0) is 23.2 Å². The largest absolute Gasteiger partial charge is 0.573 e. The molecule has 0 saturated carbocycles. The minimum Gasteiger partial charge on any atom is -0.481 e. The third-order valence-corrected chi connectivity index (χ3v) is 5.15. The Kier molecular flexibility index (Phi) is 5.58. The summed E-state index contributed by atoms with van der Waals surface area (Å²) in [5.74, 6) is -1.19. The number of halogens is 3. The molecule has 0 amide bonds. The number of ether oxygens (including phenoxy) is 1. The number of carboxylic acids is 1. The monoisotopic (exact) mass is 419 g/mol. The fourth-order valence-electron chi connectivity index (χ4n) is 3.58. The Morgan fingerprint density at radius 1 is 1.07 bits per heavy atom. The van der Waals surface area contributed by atoms with Gasteiger partial charge in [0.2, 0.25) is 0 Å². The van der Waals surface area contributed by atoms with Gasteiger partial charge in [-0.05, 0) is 53.3 Å². The number of benzene rings is 2. The summed E-state index contributed by atoms with van der Waals surface area (Å²) in [6, 6.07) is 11.8. The first-order valence-electron chi connectivity index (χ1n) is 9.54. The number of nitrogens with zero attached hydrogens (tertiary/aromatic N) is 1. The Hall–Kier alpha value is -2.96. The fraction of sp³-hybridized carbons (Fsp3) is 0.348. The maximum Gasteiger partial charge on any atom is 0.573 e. The molecular formula is C23H24F3NO3. The third kappa shape index (κ3) is 4.78. The van der Waals surface area contributed by atoms with Crippen molar-refractivity contribution in [3.63, 3.8) is 0 Å². The highest BCUT2D eigenvalue weighted by molar-refractivity contribution is 5.90. The number of aromatic nitrogens is 1. The van der Waals surface area contributed by atoms with Gasteiger partial charge < -0.3 is 14.4 Å². The quantitative estimate of drug-likeness (QED) is 0.567. The lowest BCUT2D eigenvalue weighted by Crippen LogP contribution is -2.17. The van der Waals surface area contributed by atoms with Crippen LogP contribution in [0.1, 0.15) is 43.2 Å². The van der Waals surface area contributed by atoms with Gasteiger partial charge in [-0.15, -0.1) is 13.2 Å². The van der Waals surface area contributed by atoms with E-state index in [1.807, 2.05) is 29.7 Å². The first kappa shape index (κ1) is 21.7. The zero-order valence-corrected chi connectivity index (χ0v) is 17.3. The number of rotatable bonds is 5. The first-order valence-corrected chi connectivity index (χ1v) is 9.54. The molecule has 3 aromatic rings. The van der Waals surface area contributed by atoms with Crippen LogP contribution in [-0.4, -0.2) is 22.0 Å². The van der Waals surface area contributed by atoms with Gasteiger partial charge in [0.1, 0.15) is 5.75 Å². The summed E-state index contributed by atoms with van der Waals surface area (Å²) in [5, 5.41) is 10.3. The van der Waals surface area contributed by atoms with Gasteiger partial charge in [0, 0.05) is 23.1 Å². The topological polar surface area (TPSA) is 51.5 Å². The minimum absolute atomic E-state index is 0.0843. The molecule has 1 aromatic heterocycles. The second-order valence-electron chi connectivity index (χ2n) is 8.39. The molecule has 0 unspecified atom stereocenters. The molecule has 0 radical (unpaired) electrons. The van der Waals surface area contributed by atoms with Gasteiger partial charge in [0.25, 0.3) is 0 Å². The standard InChI is InChI=1S/C23H24F3NO3/c1-14-18(12-21(28)29)19-11-16(22(2,3)4)7-10-20(19)27(14)13-15-5-8-17(9-6-15)30-23(24,25)26/h5-11H,12-13H2,1-4H3,(H,28,29). The number of carbonyl (C=O) groups is 1. The SMILES string of the molecule is Cc1c(CC(=O)O)c2cc(C(C)(C)C)ccc2n1Cc1ccc(OC(F)(F)F)cc1. The number of aliphatic carboxylic acids is 1. The molecule has 0 saturated heterocycles. The summed E-state index contributed by atoms with van der Waals surface area (Å²) in [5.41, 5.74) is 4.28. The van der Waals surface area contributed by atoms with Crippen molar-refractivity contribution in [3.05, 3.63) is 64.8 Å². The molecule has 0 aliphatic rings. The van der Waals surface area contributed by atoms with Crippen molar-refractivity contribution >= 4 is 16.9 Å². The maximum atomic E-state index is 12.4. The van der Waals surface area contributed by atoms with Crippen molar-refractivity contribution < 1.29 is 27.8 Å². The molecule has 0 spiro atoms. The van der Waals surface area contributed by atoms with E-state index in [0.717, 1.165) is 33.3 Å². The molecule has 160 valence electrons. The second-order valence-corrected chi connectivity index (χ2v) is 8.39. The van der Waals surface area contributed by atoms with Gasteiger partial charge in [-0.2, -0.15) is 0 Å². The van der Waals surface area contributed by atoms with E-state index in [1.54, 1.807) is 12.1 Å². The van der Waals surface area contributed by atoms with E-state index in [1.165, 1.54) is 12.1 Å². The molecule has 2 aromatic carbocycles. The van der Waals surface area contributed by atoms with E-state index in [2.05, 4.69) is 25.5 Å². The zero-order chi connectivity index (χ0) is 22.3. The van der Waals surface area contributed by atoms with Gasteiger partial charge >= 0.3 is 12.3 Å². The lowest BCUT2D eigenvalue weighted by molar-refractivity contribution is -0.274. The number of hydrogen-bond acceptors (Lipinski definition) is 2. The molecule has 0 aliphatic carbocycles. The summed E-state index contributed by atoms with van der Waals surface area (Å²) in [6.07, 6.45) is -4.83. The van der Waals surface area contributed by atoms with Crippen LogP contribution >= 0.6 is 0 Å². The van der Waals surface area contributed by atoms with Crippen LogP contribution in [0, 0.1) is 6.92 Å². The number of alkyl halides is 3. The van der Waals surface area contributed by atoms with Gasteiger partial charge in [-0.25, -0.2) is 0 Å². The molecule has 3 rings (SSSR count). The van der Waals surface area contributed by atoms with Gasteiger partial charge in [-0.3, -0.25) is 4.79 Å². The lowest BCUT2D eigenvalue weighted by atomic mass is 9.86. The van der Waals surface area contributed by atoms with Crippen molar-refractivity contribution in [2.75, 3.05) is 0 Å². The van der Waals surface area contributed by atoms with Crippen LogP contribution < -0.4 is 4.74 Å². The van der Waals surface area contributed by atoms with Crippen LogP contribution in [0.25, 0.3) is 10.9 Å². The van der Waals surface area contributed by atoms with Crippen molar-refractivity contribution in [2.45, 2.75) is 52.4 Å². The molecule has 7 heteroatoms. The van der Waals surface area contributed by atoms with E-state index in [4.69, 9.17) is 0 Å². The molecule has 1 N–H and O–H groups in total. The van der Waals surface area contributed by atoms with E-state index in [9.17, 15) is 23.1 Å². The van der Waals surface area contributed by atoms with E-state index in [-0.39, 0.29) is 17.6 Å². The smallest absolute Gasteiger partial charge is 0.481 e. The second kappa shape index (κ2) is 7.70. The first-order chi connectivity index (χ1) is 13.8. The van der Waals surface area contributed by atoms with Crippen LogP contribution in [0.4, 0.5) is 13.2 Å². The minimum atomic E-state index is -4.73. The van der Waals surface area contributed by atoms with Crippen molar-refractivity contribution in [1.29, 1.82) is 0 Å². The highest BCUT2D eigenvalue weighted by Crippen LogP contribution is 2.32. The Bertz CT molecular complexity index is 1070.